The molecule has 0 aromatic rings. The van der Waals surface area contributed by atoms with E-state index in [0.717, 1.165) is 0 Å². The molecule has 1 unspecified atom stereocenters. The lowest BCUT2D eigenvalue weighted by Gasteiger charge is -2.19. The van der Waals surface area contributed by atoms with Gasteiger partial charge in [-0.15, -0.1) is 12.3 Å². The van der Waals surface area contributed by atoms with Gasteiger partial charge in [-0.05, 0) is 13.8 Å². The van der Waals surface area contributed by atoms with Gasteiger partial charge in [-0.25, -0.2) is 0 Å². The van der Waals surface area contributed by atoms with Crippen molar-refractivity contribution in [2.24, 2.45) is 0 Å². The van der Waals surface area contributed by atoms with Crippen molar-refractivity contribution in [3.8, 4) is 12.3 Å². The summed E-state index contributed by atoms with van der Waals surface area (Å²) < 4.78 is 0. The Bertz CT molecular complexity index is 304. The lowest BCUT2D eigenvalue weighted by molar-refractivity contribution is -0.140. The van der Waals surface area contributed by atoms with E-state index in [0.29, 0.717) is 13.0 Å². The van der Waals surface area contributed by atoms with Gasteiger partial charge < -0.3 is 5.32 Å². The van der Waals surface area contributed by atoms with Crippen LogP contribution in [0.1, 0.15) is 26.7 Å². The summed E-state index contributed by atoms with van der Waals surface area (Å²) in [5, 5.41) is 2.99. The van der Waals surface area contributed by atoms with Crippen LogP contribution in [0.15, 0.2) is 0 Å². The molecule has 1 heterocycles. The number of nitrogens with one attached hydrogen (secondary N) is 1. The number of hydrogen-bond donors (Lipinski definition) is 1. The van der Waals surface area contributed by atoms with Crippen LogP contribution < -0.4 is 5.32 Å². The maximum Gasteiger partial charge on any atom is 0.247 e. The summed E-state index contributed by atoms with van der Waals surface area (Å²) in [7, 11) is 0. The van der Waals surface area contributed by atoms with Crippen LogP contribution in [0, 0.1) is 12.3 Å². The first-order chi connectivity index (χ1) is 7.07. The molecule has 82 valence electrons. The fraction of sp³-hybridized carbons (Fsp3) is 0.636. The third-order valence-electron chi connectivity index (χ3n) is 2.36. The fourth-order valence-electron chi connectivity index (χ4n) is 1.67. The van der Waals surface area contributed by atoms with Gasteiger partial charge in [0.25, 0.3) is 0 Å². The minimum Gasteiger partial charge on any atom is -0.304 e. The lowest BCUT2D eigenvalue weighted by Crippen LogP contribution is -2.42. The molecule has 0 saturated carbocycles. The maximum absolute atomic E-state index is 11.7. The van der Waals surface area contributed by atoms with E-state index in [1.165, 1.54) is 4.90 Å². The van der Waals surface area contributed by atoms with Crippen molar-refractivity contribution >= 4 is 11.8 Å². The average molecular weight is 208 g/mol. The highest BCUT2D eigenvalue weighted by Gasteiger charge is 2.39. The number of amides is 2. The Balaban J connectivity index is 2.54. The second-order valence-electron chi connectivity index (χ2n) is 3.86. The number of carbonyl (C=O) groups is 2. The predicted octanol–water partition coefficient (Wildman–Crippen LogP) is 0.135. The molecule has 1 aliphatic heterocycles. The fourth-order valence-corrected chi connectivity index (χ4v) is 1.67. The van der Waals surface area contributed by atoms with E-state index in [-0.39, 0.29) is 30.3 Å². The number of terminal acetylenes is 1. The maximum atomic E-state index is 11.7. The molecule has 0 radical (unpaired) electrons. The molecule has 0 aromatic heterocycles. The van der Waals surface area contributed by atoms with E-state index in [2.05, 4.69) is 11.2 Å². The first-order valence-corrected chi connectivity index (χ1v) is 5.10. The molecule has 1 atom stereocenters. The number of hydrogen-bond acceptors (Lipinski definition) is 3. The van der Waals surface area contributed by atoms with Gasteiger partial charge in [-0.2, -0.15) is 0 Å². The Labute approximate surface area is 90.0 Å². The van der Waals surface area contributed by atoms with Crippen LogP contribution >= 0.6 is 0 Å². The van der Waals surface area contributed by atoms with E-state index >= 15 is 0 Å². The second kappa shape index (κ2) is 4.94. The number of imide groups is 1. The smallest absolute Gasteiger partial charge is 0.247 e. The van der Waals surface area contributed by atoms with Crippen molar-refractivity contribution in [3.63, 3.8) is 0 Å². The molecule has 4 heteroatoms. The molecule has 0 spiro atoms. The van der Waals surface area contributed by atoms with Gasteiger partial charge in [-0.1, -0.05) is 0 Å². The van der Waals surface area contributed by atoms with E-state index in [1.54, 1.807) is 0 Å². The summed E-state index contributed by atoms with van der Waals surface area (Å²) in [5.41, 5.74) is 0. The van der Waals surface area contributed by atoms with Crippen LogP contribution in [0.4, 0.5) is 0 Å². The molecule has 1 aliphatic rings. The molecule has 15 heavy (non-hydrogen) atoms. The topological polar surface area (TPSA) is 49.4 Å². The molecule has 4 nitrogen and oxygen atoms in total. The number of nitrogens with zero attached hydrogens (tertiary/aromatic N) is 1. The molecule has 1 fully saturated rings. The highest BCUT2D eigenvalue weighted by atomic mass is 16.2. The van der Waals surface area contributed by atoms with Gasteiger partial charge in [0.05, 0.1) is 12.5 Å². The first-order valence-electron chi connectivity index (χ1n) is 5.10. The lowest BCUT2D eigenvalue weighted by atomic mass is 10.2. The SMILES string of the molecule is C#CCCNC1CC(=O)N(C(C)C)C1=O. The summed E-state index contributed by atoms with van der Waals surface area (Å²) in [5.74, 6) is 2.24. The number of rotatable bonds is 4. The zero-order chi connectivity index (χ0) is 11.4. The van der Waals surface area contributed by atoms with E-state index < -0.39 is 0 Å². The zero-order valence-corrected chi connectivity index (χ0v) is 9.12. The zero-order valence-electron chi connectivity index (χ0n) is 9.12. The molecule has 1 saturated heterocycles. The summed E-state index contributed by atoms with van der Waals surface area (Å²) in [6.07, 6.45) is 5.92. The van der Waals surface area contributed by atoms with Crippen molar-refractivity contribution in [3.05, 3.63) is 0 Å². The van der Waals surface area contributed by atoms with Gasteiger partial charge in [0.15, 0.2) is 0 Å². The van der Waals surface area contributed by atoms with Gasteiger partial charge in [0, 0.05) is 19.0 Å². The largest absolute Gasteiger partial charge is 0.304 e. The number of carbonyl (C=O) groups excluding carboxylic acids is 2. The summed E-state index contributed by atoms with van der Waals surface area (Å²) in [6, 6.07) is -0.447. The molecule has 0 aromatic carbocycles. The standard InChI is InChI=1S/C11H16N2O2/c1-4-5-6-12-9-7-10(14)13(8(2)3)11(9)15/h1,8-9,12H,5-7H2,2-3H3. The summed E-state index contributed by atoms with van der Waals surface area (Å²) >= 11 is 0. The van der Waals surface area contributed by atoms with Crippen LogP contribution in [0.5, 0.6) is 0 Å². The Hall–Kier alpha value is -1.34. The van der Waals surface area contributed by atoms with Crippen molar-refractivity contribution in [1.82, 2.24) is 10.2 Å². The Morgan fingerprint density at radius 2 is 2.27 bits per heavy atom. The molecular formula is C11H16N2O2. The normalized spacial score (nSPS) is 21.2. The minimum atomic E-state index is -0.381. The van der Waals surface area contributed by atoms with Gasteiger partial charge in [-0.3, -0.25) is 14.5 Å². The van der Waals surface area contributed by atoms with Gasteiger partial charge >= 0.3 is 0 Å². The quantitative estimate of drug-likeness (QED) is 0.406. The van der Waals surface area contributed by atoms with E-state index in [4.69, 9.17) is 6.42 Å². The second-order valence-corrected chi connectivity index (χ2v) is 3.86. The third-order valence-corrected chi connectivity index (χ3v) is 2.36. The predicted molar refractivity (Wildman–Crippen MR) is 56.8 cm³/mol. The van der Waals surface area contributed by atoms with Crippen molar-refractivity contribution in [2.45, 2.75) is 38.8 Å². The van der Waals surface area contributed by atoms with E-state index in [9.17, 15) is 9.59 Å². The van der Waals surface area contributed by atoms with Crippen molar-refractivity contribution in [1.29, 1.82) is 0 Å². The van der Waals surface area contributed by atoms with Crippen LogP contribution in [-0.4, -0.2) is 35.3 Å². The van der Waals surface area contributed by atoms with Crippen LogP contribution in [-0.2, 0) is 9.59 Å². The average Bonchev–Trinajstić information content (AvgIpc) is 2.42. The van der Waals surface area contributed by atoms with Crippen molar-refractivity contribution < 1.29 is 9.59 Å². The monoisotopic (exact) mass is 208 g/mol. The van der Waals surface area contributed by atoms with Crippen molar-refractivity contribution in [2.75, 3.05) is 6.54 Å². The highest BCUT2D eigenvalue weighted by Crippen LogP contribution is 2.15. The number of likely N-dealkylation sites (tertiary alicyclic amines) is 1. The first kappa shape index (κ1) is 11.7. The molecule has 1 rings (SSSR count). The van der Waals surface area contributed by atoms with Crippen LogP contribution in [0.25, 0.3) is 0 Å². The minimum absolute atomic E-state index is 0.0653. The van der Waals surface area contributed by atoms with Crippen LogP contribution in [0.3, 0.4) is 0 Å². The van der Waals surface area contributed by atoms with E-state index in [1.807, 2.05) is 13.8 Å². The summed E-state index contributed by atoms with van der Waals surface area (Å²) in [4.78, 5) is 24.5. The molecular weight excluding hydrogens is 192 g/mol. The Kier molecular flexibility index (Phi) is 3.87. The van der Waals surface area contributed by atoms with Crippen LogP contribution in [0.2, 0.25) is 0 Å². The van der Waals surface area contributed by atoms with Gasteiger partial charge in [0.1, 0.15) is 0 Å². The molecule has 0 aliphatic carbocycles. The molecule has 2 amide bonds. The molecule has 0 bridgehead atoms. The third kappa shape index (κ3) is 2.57. The Morgan fingerprint density at radius 1 is 1.60 bits per heavy atom. The molecule has 1 N–H and O–H groups in total. The summed E-state index contributed by atoms with van der Waals surface area (Å²) in [6.45, 7) is 4.24. The van der Waals surface area contributed by atoms with Gasteiger partial charge in [0.2, 0.25) is 11.8 Å². The highest BCUT2D eigenvalue weighted by molar-refractivity contribution is 6.05. The Morgan fingerprint density at radius 3 is 2.73 bits per heavy atom.